The van der Waals surface area contributed by atoms with E-state index >= 15 is 0 Å². The van der Waals surface area contributed by atoms with Crippen molar-refractivity contribution in [1.29, 1.82) is 0 Å². The van der Waals surface area contributed by atoms with Crippen molar-refractivity contribution < 1.29 is 9.59 Å². The van der Waals surface area contributed by atoms with Crippen molar-refractivity contribution in [2.75, 3.05) is 11.1 Å². The summed E-state index contributed by atoms with van der Waals surface area (Å²) < 4.78 is 0. The average molecular weight is 265 g/mol. The second-order valence-electron chi connectivity index (χ2n) is 4.24. The molecule has 0 bridgehead atoms. The maximum Gasteiger partial charge on any atom is 0.248 e. The third-order valence-electron chi connectivity index (χ3n) is 2.68. The molecule has 2 unspecified atom stereocenters. The topological polar surface area (TPSA) is 71.1 Å². The van der Waals surface area contributed by atoms with Crippen molar-refractivity contribution in [2.45, 2.75) is 25.1 Å². The van der Waals surface area contributed by atoms with E-state index in [0.717, 1.165) is 5.56 Å². The van der Waals surface area contributed by atoms with Crippen LogP contribution in [0.15, 0.2) is 18.3 Å². The lowest BCUT2D eigenvalue weighted by Gasteiger charge is -2.25. The molecular weight excluding hydrogens is 250 g/mol. The SMILES string of the molecule is Cc1ccnc(NC(=O)C2CSC(C)C(=O)N2)c1. The Morgan fingerprint density at radius 1 is 1.61 bits per heavy atom. The summed E-state index contributed by atoms with van der Waals surface area (Å²) in [6.45, 7) is 3.76. The van der Waals surface area contributed by atoms with Crippen LogP contribution < -0.4 is 10.6 Å². The van der Waals surface area contributed by atoms with Crippen LogP contribution in [0.1, 0.15) is 12.5 Å². The fourth-order valence-corrected chi connectivity index (χ4v) is 2.54. The first kappa shape index (κ1) is 12.9. The molecule has 96 valence electrons. The van der Waals surface area contributed by atoms with Gasteiger partial charge in [-0.3, -0.25) is 9.59 Å². The lowest BCUT2D eigenvalue weighted by Crippen LogP contribution is -2.51. The summed E-state index contributed by atoms with van der Waals surface area (Å²) in [6.07, 6.45) is 1.64. The number of anilines is 1. The summed E-state index contributed by atoms with van der Waals surface area (Å²) in [6, 6.07) is 3.16. The van der Waals surface area contributed by atoms with Gasteiger partial charge in [0.1, 0.15) is 11.9 Å². The Balaban J connectivity index is 1.98. The fraction of sp³-hybridized carbons (Fsp3) is 0.417. The Bertz CT molecular complexity index is 478. The van der Waals surface area contributed by atoms with Crippen LogP contribution in [-0.4, -0.2) is 33.8 Å². The molecule has 2 heterocycles. The molecule has 1 fully saturated rings. The van der Waals surface area contributed by atoms with Crippen LogP contribution in [0, 0.1) is 6.92 Å². The van der Waals surface area contributed by atoms with Gasteiger partial charge in [0.25, 0.3) is 0 Å². The maximum atomic E-state index is 12.0. The Morgan fingerprint density at radius 3 is 3.06 bits per heavy atom. The first-order valence-corrected chi connectivity index (χ1v) is 6.76. The highest BCUT2D eigenvalue weighted by Gasteiger charge is 2.29. The minimum atomic E-state index is -0.485. The van der Waals surface area contributed by atoms with Crippen LogP contribution in [-0.2, 0) is 9.59 Å². The van der Waals surface area contributed by atoms with Gasteiger partial charge in [-0.15, -0.1) is 11.8 Å². The van der Waals surface area contributed by atoms with E-state index in [-0.39, 0.29) is 17.1 Å². The molecule has 1 aromatic rings. The quantitative estimate of drug-likeness (QED) is 0.835. The second kappa shape index (κ2) is 5.39. The predicted octanol–water partition coefficient (Wildman–Crippen LogP) is 0.949. The molecule has 0 radical (unpaired) electrons. The van der Waals surface area contributed by atoms with E-state index in [9.17, 15) is 9.59 Å². The zero-order valence-electron chi connectivity index (χ0n) is 10.3. The smallest absolute Gasteiger partial charge is 0.248 e. The molecule has 0 spiro atoms. The Kier molecular flexibility index (Phi) is 3.86. The molecule has 1 aromatic heterocycles. The predicted molar refractivity (Wildman–Crippen MR) is 71.5 cm³/mol. The highest BCUT2D eigenvalue weighted by molar-refractivity contribution is 8.00. The molecule has 0 aromatic carbocycles. The van der Waals surface area contributed by atoms with Gasteiger partial charge in [-0.1, -0.05) is 0 Å². The van der Waals surface area contributed by atoms with Crippen molar-refractivity contribution in [2.24, 2.45) is 0 Å². The number of rotatable bonds is 2. The van der Waals surface area contributed by atoms with Crippen molar-refractivity contribution in [3.8, 4) is 0 Å². The summed E-state index contributed by atoms with van der Waals surface area (Å²) in [5.41, 5.74) is 1.02. The number of carbonyl (C=O) groups is 2. The Morgan fingerprint density at radius 2 is 2.39 bits per heavy atom. The molecule has 2 rings (SSSR count). The molecule has 5 nitrogen and oxygen atoms in total. The van der Waals surface area contributed by atoms with E-state index in [0.29, 0.717) is 11.6 Å². The van der Waals surface area contributed by atoms with E-state index in [1.807, 2.05) is 19.9 Å². The number of carbonyl (C=O) groups excluding carboxylic acids is 2. The van der Waals surface area contributed by atoms with Crippen LogP contribution >= 0.6 is 11.8 Å². The Hall–Kier alpha value is -1.56. The molecule has 1 aliphatic heterocycles. The number of pyridine rings is 1. The van der Waals surface area contributed by atoms with Gasteiger partial charge < -0.3 is 10.6 Å². The first-order chi connectivity index (χ1) is 8.56. The van der Waals surface area contributed by atoms with Gasteiger partial charge in [0.15, 0.2) is 0 Å². The highest BCUT2D eigenvalue weighted by Crippen LogP contribution is 2.18. The zero-order chi connectivity index (χ0) is 13.1. The van der Waals surface area contributed by atoms with Crippen LogP contribution in [0.25, 0.3) is 0 Å². The van der Waals surface area contributed by atoms with Crippen molar-refractivity contribution in [3.63, 3.8) is 0 Å². The van der Waals surface area contributed by atoms with E-state index < -0.39 is 6.04 Å². The van der Waals surface area contributed by atoms with Gasteiger partial charge >= 0.3 is 0 Å². The lowest BCUT2D eigenvalue weighted by molar-refractivity contribution is -0.125. The third kappa shape index (κ3) is 3.01. The molecular formula is C12H15N3O2S. The highest BCUT2D eigenvalue weighted by atomic mass is 32.2. The molecule has 18 heavy (non-hydrogen) atoms. The van der Waals surface area contributed by atoms with E-state index in [1.54, 1.807) is 12.3 Å². The van der Waals surface area contributed by atoms with Gasteiger partial charge in [-0.05, 0) is 31.5 Å². The summed E-state index contributed by atoms with van der Waals surface area (Å²) in [5.74, 6) is 0.784. The van der Waals surface area contributed by atoms with Crippen molar-refractivity contribution in [3.05, 3.63) is 23.9 Å². The molecule has 1 saturated heterocycles. The molecule has 0 aliphatic carbocycles. The largest absolute Gasteiger partial charge is 0.343 e. The second-order valence-corrected chi connectivity index (χ2v) is 5.62. The Labute approximate surface area is 110 Å². The van der Waals surface area contributed by atoms with E-state index in [2.05, 4.69) is 15.6 Å². The number of hydrogen-bond acceptors (Lipinski definition) is 4. The molecule has 2 N–H and O–H groups in total. The number of thioether (sulfide) groups is 1. The number of nitrogens with one attached hydrogen (secondary N) is 2. The van der Waals surface area contributed by atoms with Gasteiger partial charge in [0, 0.05) is 11.9 Å². The van der Waals surface area contributed by atoms with Crippen LogP contribution in [0.2, 0.25) is 0 Å². The monoisotopic (exact) mass is 265 g/mol. The zero-order valence-corrected chi connectivity index (χ0v) is 11.1. The fourth-order valence-electron chi connectivity index (χ4n) is 1.61. The number of hydrogen-bond donors (Lipinski definition) is 2. The molecule has 6 heteroatoms. The molecule has 0 saturated carbocycles. The molecule has 2 amide bonds. The summed E-state index contributed by atoms with van der Waals surface area (Å²) in [5, 5.41) is 5.32. The standard InChI is InChI=1S/C12H15N3O2S/c1-7-3-4-13-10(5-7)15-12(17)9-6-18-8(2)11(16)14-9/h3-5,8-9H,6H2,1-2H3,(H,14,16)(H,13,15,17). The average Bonchev–Trinajstić information content (AvgIpc) is 2.32. The maximum absolute atomic E-state index is 12.0. The lowest BCUT2D eigenvalue weighted by atomic mass is 10.2. The van der Waals surface area contributed by atoms with Crippen LogP contribution in [0.3, 0.4) is 0 Å². The van der Waals surface area contributed by atoms with E-state index in [1.165, 1.54) is 11.8 Å². The first-order valence-electron chi connectivity index (χ1n) is 5.72. The van der Waals surface area contributed by atoms with Crippen molar-refractivity contribution in [1.82, 2.24) is 10.3 Å². The van der Waals surface area contributed by atoms with Gasteiger partial charge in [-0.2, -0.15) is 0 Å². The number of amides is 2. The summed E-state index contributed by atoms with van der Waals surface area (Å²) >= 11 is 1.48. The van der Waals surface area contributed by atoms with E-state index in [4.69, 9.17) is 0 Å². The number of nitrogens with zero attached hydrogens (tertiary/aromatic N) is 1. The minimum Gasteiger partial charge on any atom is -0.343 e. The normalized spacial score (nSPS) is 23.3. The summed E-state index contributed by atoms with van der Waals surface area (Å²) in [7, 11) is 0. The third-order valence-corrected chi connectivity index (χ3v) is 3.92. The minimum absolute atomic E-state index is 0.0915. The van der Waals surface area contributed by atoms with Gasteiger partial charge in [0.05, 0.1) is 5.25 Å². The van der Waals surface area contributed by atoms with Gasteiger partial charge in [-0.25, -0.2) is 4.98 Å². The molecule has 1 aliphatic rings. The number of aryl methyl sites for hydroxylation is 1. The number of aromatic nitrogens is 1. The molecule has 2 atom stereocenters. The van der Waals surface area contributed by atoms with Crippen LogP contribution in [0.5, 0.6) is 0 Å². The van der Waals surface area contributed by atoms with Gasteiger partial charge in [0.2, 0.25) is 11.8 Å². The van der Waals surface area contributed by atoms with Crippen LogP contribution in [0.4, 0.5) is 5.82 Å². The van der Waals surface area contributed by atoms with Crippen molar-refractivity contribution >= 4 is 29.4 Å². The summed E-state index contributed by atoms with van der Waals surface area (Å²) in [4.78, 5) is 27.5.